The molecule has 0 atom stereocenters. The van der Waals surface area contributed by atoms with E-state index in [1.54, 1.807) is 42.5 Å². The quantitative estimate of drug-likeness (QED) is 0.654. The number of sulfonamides is 1. The van der Waals surface area contributed by atoms with Crippen molar-refractivity contribution in [1.29, 1.82) is 0 Å². The van der Waals surface area contributed by atoms with Crippen molar-refractivity contribution in [2.45, 2.75) is 11.4 Å². The van der Waals surface area contributed by atoms with Crippen molar-refractivity contribution in [2.75, 3.05) is 4.72 Å². The van der Waals surface area contributed by atoms with Gasteiger partial charge < -0.3 is 5.32 Å². The van der Waals surface area contributed by atoms with Gasteiger partial charge in [0.15, 0.2) is 0 Å². The van der Waals surface area contributed by atoms with Gasteiger partial charge in [-0.15, -0.1) is 0 Å². The third-order valence-corrected chi connectivity index (χ3v) is 5.58. The van der Waals surface area contributed by atoms with Crippen molar-refractivity contribution in [3.63, 3.8) is 0 Å². The number of rotatable bonds is 6. The zero-order valence-corrected chi connectivity index (χ0v) is 15.8. The van der Waals surface area contributed by atoms with Gasteiger partial charge in [-0.3, -0.25) is 9.52 Å². The van der Waals surface area contributed by atoms with Gasteiger partial charge in [0, 0.05) is 22.8 Å². The van der Waals surface area contributed by atoms with Crippen molar-refractivity contribution >= 4 is 33.2 Å². The molecule has 0 saturated carbocycles. The smallest absolute Gasteiger partial charge is 0.261 e. The third-order valence-electron chi connectivity index (χ3n) is 3.83. The lowest BCUT2D eigenvalue weighted by atomic mass is 10.2. The molecule has 3 aromatic carbocycles. The Morgan fingerprint density at radius 2 is 1.59 bits per heavy atom. The maximum absolute atomic E-state index is 12.5. The molecule has 1 amide bonds. The summed E-state index contributed by atoms with van der Waals surface area (Å²) in [6.45, 7) is 0.248. The summed E-state index contributed by atoms with van der Waals surface area (Å²) in [6, 6.07) is 21.6. The monoisotopic (exact) mass is 400 g/mol. The van der Waals surface area contributed by atoms with Gasteiger partial charge >= 0.3 is 0 Å². The van der Waals surface area contributed by atoms with Crippen LogP contribution in [0, 0.1) is 0 Å². The van der Waals surface area contributed by atoms with Crippen LogP contribution >= 0.6 is 11.6 Å². The minimum atomic E-state index is -3.79. The van der Waals surface area contributed by atoms with Crippen LogP contribution < -0.4 is 10.0 Å². The number of halogens is 1. The first-order valence-corrected chi connectivity index (χ1v) is 10.0. The van der Waals surface area contributed by atoms with E-state index in [0.717, 1.165) is 5.56 Å². The molecular weight excluding hydrogens is 384 g/mol. The molecule has 0 radical (unpaired) electrons. The highest BCUT2D eigenvalue weighted by Crippen LogP contribution is 2.18. The van der Waals surface area contributed by atoms with Crippen LogP contribution in [0.25, 0.3) is 0 Å². The number of anilines is 1. The molecule has 5 nitrogen and oxygen atoms in total. The molecule has 0 aliphatic carbocycles. The van der Waals surface area contributed by atoms with Crippen molar-refractivity contribution < 1.29 is 13.2 Å². The normalized spacial score (nSPS) is 11.0. The van der Waals surface area contributed by atoms with E-state index in [1.165, 1.54) is 18.2 Å². The second-order valence-corrected chi connectivity index (χ2v) is 7.86. The Kier molecular flexibility index (Phi) is 5.78. The Bertz CT molecular complexity index is 1050. The Morgan fingerprint density at radius 3 is 2.33 bits per heavy atom. The topological polar surface area (TPSA) is 75.3 Å². The molecule has 3 rings (SSSR count). The molecule has 0 fully saturated rings. The summed E-state index contributed by atoms with van der Waals surface area (Å²) >= 11 is 6.08. The molecule has 0 bridgehead atoms. The number of nitrogens with one attached hydrogen (secondary N) is 2. The third kappa shape index (κ3) is 4.87. The van der Waals surface area contributed by atoms with E-state index >= 15 is 0 Å². The highest BCUT2D eigenvalue weighted by molar-refractivity contribution is 7.92. The van der Waals surface area contributed by atoms with E-state index in [4.69, 9.17) is 11.6 Å². The van der Waals surface area contributed by atoms with Crippen LogP contribution in [0.4, 0.5) is 5.69 Å². The largest absolute Gasteiger partial charge is 0.348 e. The Balaban J connectivity index is 1.74. The number of carbonyl (C=O) groups excluding carboxylic acids is 1. The molecule has 0 aliphatic rings. The summed E-state index contributed by atoms with van der Waals surface area (Å²) in [4.78, 5) is 12.4. The number of hydrogen-bond acceptors (Lipinski definition) is 3. The minimum absolute atomic E-state index is 0.0109. The second-order valence-electron chi connectivity index (χ2n) is 5.77. The van der Waals surface area contributed by atoms with Gasteiger partial charge in [0.2, 0.25) is 0 Å². The zero-order valence-electron chi connectivity index (χ0n) is 14.2. The minimum Gasteiger partial charge on any atom is -0.348 e. The van der Waals surface area contributed by atoms with Gasteiger partial charge in [0.05, 0.1) is 4.90 Å². The summed E-state index contributed by atoms with van der Waals surface area (Å²) in [7, 11) is -3.79. The lowest BCUT2D eigenvalue weighted by Gasteiger charge is -2.10. The molecule has 7 heteroatoms. The van der Waals surface area contributed by atoms with Crippen LogP contribution in [-0.2, 0) is 16.6 Å². The van der Waals surface area contributed by atoms with Crippen molar-refractivity contribution in [3.05, 3.63) is 95.0 Å². The average molecular weight is 401 g/mol. The molecule has 3 aromatic rings. The Labute approximate surface area is 163 Å². The fraction of sp³-hybridized carbons (Fsp3) is 0.0500. The molecule has 27 heavy (non-hydrogen) atoms. The molecule has 0 spiro atoms. The van der Waals surface area contributed by atoms with Crippen molar-refractivity contribution in [3.8, 4) is 0 Å². The first kappa shape index (κ1) is 18.9. The summed E-state index contributed by atoms with van der Waals surface area (Å²) in [5.74, 6) is -0.383. The number of hydrogen-bond donors (Lipinski definition) is 2. The van der Waals surface area contributed by atoms with E-state index < -0.39 is 10.0 Å². The highest BCUT2D eigenvalue weighted by Gasteiger charge is 2.16. The summed E-state index contributed by atoms with van der Waals surface area (Å²) in [5.41, 5.74) is 1.48. The van der Waals surface area contributed by atoms with Crippen molar-refractivity contribution in [2.24, 2.45) is 0 Å². The van der Waals surface area contributed by atoms with E-state index in [-0.39, 0.29) is 22.9 Å². The number of amides is 1. The van der Waals surface area contributed by atoms with E-state index in [9.17, 15) is 13.2 Å². The van der Waals surface area contributed by atoms with Crippen LogP contribution in [0.1, 0.15) is 15.9 Å². The lowest BCUT2D eigenvalue weighted by Crippen LogP contribution is -2.23. The fourth-order valence-corrected chi connectivity index (χ4v) is 3.75. The van der Waals surface area contributed by atoms with Crippen LogP contribution in [0.3, 0.4) is 0 Å². The number of para-hydroxylation sites is 1. The molecule has 2 N–H and O–H groups in total. The van der Waals surface area contributed by atoms with Crippen LogP contribution in [-0.4, -0.2) is 14.3 Å². The molecule has 0 aliphatic heterocycles. The molecule has 0 aromatic heterocycles. The average Bonchev–Trinajstić information content (AvgIpc) is 2.68. The molecule has 0 unspecified atom stereocenters. The SMILES string of the molecule is O=C(NCc1ccccc1Cl)c1cccc(S(=O)(=O)Nc2ccccc2)c1. The standard InChI is InChI=1S/C20H17ClN2O3S/c21-19-12-5-4-7-16(19)14-22-20(24)15-8-6-11-18(13-15)27(25,26)23-17-9-2-1-3-10-17/h1-13,23H,14H2,(H,22,24). The molecule has 0 saturated heterocycles. The van der Waals surface area contributed by atoms with Crippen LogP contribution in [0.2, 0.25) is 5.02 Å². The molecule has 0 heterocycles. The number of carbonyl (C=O) groups is 1. The van der Waals surface area contributed by atoms with Gasteiger partial charge in [0.25, 0.3) is 15.9 Å². The summed E-state index contributed by atoms with van der Waals surface area (Å²) < 4.78 is 27.6. The van der Waals surface area contributed by atoms with Gasteiger partial charge in [0.1, 0.15) is 0 Å². The lowest BCUT2D eigenvalue weighted by molar-refractivity contribution is 0.0950. The zero-order chi connectivity index (χ0) is 19.3. The van der Waals surface area contributed by atoms with Gasteiger partial charge in [-0.25, -0.2) is 8.42 Å². The van der Waals surface area contributed by atoms with E-state index in [0.29, 0.717) is 10.7 Å². The molecule has 138 valence electrons. The van der Waals surface area contributed by atoms with Gasteiger partial charge in [-0.2, -0.15) is 0 Å². The van der Waals surface area contributed by atoms with Crippen LogP contribution in [0.15, 0.2) is 83.8 Å². The second kappa shape index (κ2) is 8.24. The van der Waals surface area contributed by atoms with Crippen LogP contribution in [0.5, 0.6) is 0 Å². The number of benzene rings is 3. The maximum atomic E-state index is 12.5. The predicted molar refractivity (Wildman–Crippen MR) is 106 cm³/mol. The summed E-state index contributed by atoms with van der Waals surface area (Å²) in [5, 5.41) is 3.30. The maximum Gasteiger partial charge on any atom is 0.261 e. The fourth-order valence-electron chi connectivity index (χ4n) is 2.44. The highest BCUT2D eigenvalue weighted by atomic mass is 35.5. The van der Waals surface area contributed by atoms with Gasteiger partial charge in [-0.1, -0.05) is 54.1 Å². The van der Waals surface area contributed by atoms with E-state index in [2.05, 4.69) is 10.0 Å². The first-order chi connectivity index (χ1) is 13.0. The Morgan fingerprint density at radius 1 is 0.889 bits per heavy atom. The first-order valence-electron chi connectivity index (χ1n) is 8.15. The van der Waals surface area contributed by atoms with E-state index in [1.807, 2.05) is 18.2 Å². The van der Waals surface area contributed by atoms with Crippen molar-refractivity contribution in [1.82, 2.24) is 5.32 Å². The van der Waals surface area contributed by atoms with Gasteiger partial charge in [-0.05, 0) is 42.0 Å². The molecular formula is C20H17ClN2O3S. The predicted octanol–water partition coefficient (Wildman–Crippen LogP) is 4.07. The summed E-state index contributed by atoms with van der Waals surface area (Å²) in [6.07, 6.45) is 0. The Hall–Kier alpha value is -2.83.